The monoisotopic (exact) mass is 254 g/mol. The van der Waals surface area contributed by atoms with Gasteiger partial charge in [-0.2, -0.15) is 0 Å². The first-order valence-corrected chi connectivity index (χ1v) is 6.04. The molecule has 1 aliphatic rings. The summed E-state index contributed by atoms with van der Waals surface area (Å²) in [6.07, 6.45) is -0.0537. The maximum absolute atomic E-state index is 10.1. The van der Waals surface area contributed by atoms with Crippen molar-refractivity contribution in [2.75, 3.05) is 6.61 Å². The van der Waals surface area contributed by atoms with Crippen molar-refractivity contribution in [2.45, 2.75) is 24.9 Å². The number of nitrogens with two attached hydrogens (primary N) is 1. The number of hydrogen-bond donors (Lipinski definition) is 2. The van der Waals surface area contributed by atoms with Gasteiger partial charge < -0.3 is 15.7 Å². The Labute approximate surface area is 105 Å². The first kappa shape index (κ1) is 12.4. The van der Waals surface area contributed by atoms with Crippen LogP contribution in [0.1, 0.15) is 29.2 Å². The highest BCUT2D eigenvalue weighted by atomic mass is 35.5. The summed E-state index contributed by atoms with van der Waals surface area (Å²) < 4.78 is 0. The summed E-state index contributed by atoms with van der Waals surface area (Å²) in [6.45, 7) is 0.984. The van der Waals surface area contributed by atoms with E-state index in [1.165, 1.54) is 0 Å². The van der Waals surface area contributed by atoms with Crippen molar-refractivity contribution in [1.29, 1.82) is 0 Å². The smallest absolute Gasteiger partial charge is 0.122 e. The van der Waals surface area contributed by atoms with Gasteiger partial charge in [-0.25, -0.2) is 0 Å². The third kappa shape index (κ3) is 2.60. The molecule has 0 radical (unpaired) electrons. The molecule has 0 amide bonds. The van der Waals surface area contributed by atoms with Gasteiger partial charge in [0.05, 0.1) is 5.71 Å². The lowest BCUT2D eigenvalue weighted by molar-refractivity contribution is 0.172. The topological polar surface area (TPSA) is 67.8 Å². The maximum atomic E-state index is 10.1. The highest BCUT2D eigenvalue weighted by Crippen LogP contribution is 2.23. The number of nitrogens with zero attached hydrogens (tertiary/aromatic N) is 1. The number of halogens is 1. The van der Waals surface area contributed by atoms with Crippen LogP contribution in [0.15, 0.2) is 23.4 Å². The van der Waals surface area contributed by atoms with E-state index in [4.69, 9.17) is 22.2 Å². The summed E-state index contributed by atoms with van der Waals surface area (Å²) in [5.41, 5.74) is 9.00. The Balaban J connectivity index is 2.26. The summed E-state index contributed by atoms with van der Waals surface area (Å²) in [5, 5.41) is 13.9. The van der Waals surface area contributed by atoms with E-state index < -0.39 is 6.10 Å². The largest absolute Gasteiger partial charge is 0.395 e. The number of rotatable bonds is 4. The highest BCUT2D eigenvalue weighted by molar-refractivity contribution is 6.17. The number of oxime groups is 1. The zero-order chi connectivity index (χ0) is 12.3. The minimum Gasteiger partial charge on any atom is -0.395 e. The predicted octanol–water partition coefficient (Wildman–Crippen LogP) is 1.69. The minimum absolute atomic E-state index is 0.385. The van der Waals surface area contributed by atoms with Crippen LogP contribution in [0.2, 0.25) is 0 Å². The second-order valence-corrected chi connectivity index (χ2v) is 4.20. The van der Waals surface area contributed by atoms with Gasteiger partial charge in [-0.3, -0.25) is 0 Å². The number of benzene rings is 1. The van der Waals surface area contributed by atoms with Gasteiger partial charge in [-0.15, -0.1) is 11.6 Å². The van der Waals surface area contributed by atoms with Crippen LogP contribution in [0, 0.1) is 0 Å². The summed E-state index contributed by atoms with van der Waals surface area (Å²) >= 11 is 5.86. The zero-order valence-corrected chi connectivity index (χ0v) is 10.2. The number of hydrogen-bond acceptors (Lipinski definition) is 4. The third-order valence-corrected chi connectivity index (χ3v) is 3.14. The molecule has 0 aliphatic carbocycles. The molecule has 1 aromatic rings. The molecule has 17 heavy (non-hydrogen) atoms. The zero-order valence-electron chi connectivity index (χ0n) is 9.40. The fraction of sp³-hybridized carbons (Fsp3) is 0.417. The Bertz CT molecular complexity index is 435. The van der Waals surface area contributed by atoms with Gasteiger partial charge in [0, 0.05) is 18.8 Å². The molecule has 0 aromatic heterocycles. The highest BCUT2D eigenvalue weighted by Gasteiger charge is 2.20. The summed E-state index contributed by atoms with van der Waals surface area (Å²) in [4.78, 5) is 4.88. The molecule has 1 aliphatic heterocycles. The third-order valence-electron chi connectivity index (χ3n) is 2.86. The summed E-state index contributed by atoms with van der Waals surface area (Å²) in [7, 11) is 0. The second-order valence-electron chi connectivity index (χ2n) is 3.93. The minimum atomic E-state index is -0.716. The average molecular weight is 255 g/mol. The van der Waals surface area contributed by atoms with Crippen molar-refractivity contribution in [1.82, 2.24) is 0 Å². The molecule has 0 bridgehead atoms. The molecule has 1 atom stereocenters. The van der Waals surface area contributed by atoms with Crippen LogP contribution in [0.4, 0.5) is 0 Å². The Kier molecular flexibility index (Phi) is 3.99. The van der Waals surface area contributed by atoms with E-state index in [-0.39, 0.29) is 0 Å². The van der Waals surface area contributed by atoms with Crippen molar-refractivity contribution >= 4 is 17.3 Å². The van der Waals surface area contributed by atoms with E-state index in [9.17, 15) is 5.11 Å². The summed E-state index contributed by atoms with van der Waals surface area (Å²) in [5.74, 6) is 0.385. The molecule has 0 fully saturated rings. The normalized spacial score (nSPS) is 16.5. The van der Waals surface area contributed by atoms with Crippen molar-refractivity contribution in [2.24, 2.45) is 10.9 Å². The van der Waals surface area contributed by atoms with Crippen LogP contribution >= 0.6 is 11.6 Å². The molecule has 3 N–H and O–H groups in total. The maximum Gasteiger partial charge on any atom is 0.122 e. The molecule has 0 saturated heterocycles. The Morgan fingerprint density at radius 1 is 1.47 bits per heavy atom. The molecule has 4 nitrogen and oxygen atoms in total. The SMILES string of the molecule is NCc1ccc(C(O)C2=NOCC2)cc1CCl. The van der Waals surface area contributed by atoms with Crippen molar-refractivity contribution in [3.8, 4) is 0 Å². The molecule has 2 rings (SSSR count). The molecule has 1 aromatic carbocycles. The second kappa shape index (κ2) is 5.49. The molecule has 1 unspecified atom stereocenters. The van der Waals surface area contributed by atoms with Gasteiger partial charge in [0.25, 0.3) is 0 Å². The van der Waals surface area contributed by atoms with Crippen LogP contribution in [0.5, 0.6) is 0 Å². The van der Waals surface area contributed by atoms with E-state index in [0.29, 0.717) is 31.2 Å². The fourth-order valence-electron chi connectivity index (χ4n) is 1.84. The molecular formula is C12H15ClN2O2. The Morgan fingerprint density at radius 3 is 2.88 bits per heavy atom. The molecule has 1 heterocycles. The Morgan fingerprint density at radius 2 is 2.29 bits per heavy atom. The van der Waals surface area contributed by atoms with E-state index >= 15 is 0 Å². The first-order valence-electron chi connectivity index (χ1n) is 5.50. The molecule has 0 spiro atoms. The van der Waals surface area contributed by atoms with Crippen LogP contribution in [-0.4, -0.2) is 17.4 Å². The van der Waals surface area contributed by atoms with Crippen LogP contribution in [-0.2, 0) is 17.3 Å². The van der Waals surface area contributed by atoms with Gasteiger partial charge in [0.2, 0.25) is 0 Å². The van der Waals surface area contributed by atoms with Crippen LogP contribution in [0.3, 0.4) is 0 Å². The van der Waals surface area contributed by atoms with Gasteiger partial charge >= 0.3 is 0 Å². The van der Waals surface area contributed by atoms with E-state index in [0.717, 1.165) is 16.7 Å². The number of aliphatic hydroxyl groups excluding tert-OH is 1. The molecule has 92 valence electrons. The Hall–Kier alpha value is -1.10. The van der Waals surface area contributed by atoms with Crippen LogP contribution < -0.4 is 5.73 Å². The number of aliphatic hydroxyl groups is 1. The molecular weight excluding hydrogens is 240 g/mol. The fourth-order valence-corrected chi connectivity index (χ4v) is 2.09. The molecule has 0 saturated carbocycles. The van der Waals surface area contributed by atoms with Crippen molar-refractivity contribution in [3.63, 3.8) is 0 Å². The van der Waals surface area contributed by atoms with Gasteiger partial charge in [-0.05, 0) is 16.7 Å². The van der Waals surface area contributed by atoms with Crippen molar-refractivity contribution < 1.29 is 9.94 Å². The predicted molar refractivity (Wildman–Crippen MR) is 66.9 cm³/mol. The van der Waals surface area contributed by atoms with Crippen LogP contribution in [0.25, 0.3) is 0 Å². The first-order chi connectivity index (χ1) is 8.26. The average Bonchev–Trinajstić information content (AvgIpc) is 2.90. The van der Waals surface area contributed by atoms with Gasteiger partial charge in [0.15, 0.2) is 0 Å². The van der Waals surface area contributed by atoms with Gasteiger partial charge in [-0.1, -0.05) is 23.4 Å². The standard InChI is InChI=1S/C12H15ClN2O2/c13-6-10-5-8(1-2-9(10)7-14)12(16)11-3-4-17-15-11/h1-2,5,12,16H,3-4,6-7,14H2. The van der Waals surface area contributed by atoms with E-state index in [1.54, 1.807) is 0 Å². The summed E-state index contributed by atoms with van der Waals surface area (Å²) in [6, 6.07) is 5.62. The van der Waals surface area contributed by atoms with Crippen molar-refractivity contribution in [3.05, 3.63) is 34.9 Å². The lowest BCUT2D eigenvalue weighted by atomic mass is 9.98. The quantitative estimate of drug-likeness (QED) is 0.804. The lowest BCUT2D eigenvalue weighted by Gasteiger charge is -2.12. The molecule has 5 heteroatoms. The number of alkyl halides is 1. The van der Waals surface area contributed by atoms with E-state index in [2.05, 4.69) is 5.16 Å². The lowest BCUT2D eigenvalue weighted by Crippen LogP contribution is -2.11. The van der Waals surface area contributed by atoms with E-state index in [1.807, 2.05) is 18.2 Å². The van der Waals surface area contributed by atoms with Gasteiger partial charge in [0.1, 0.15) is 12.7 Å².